The summed E-state index contributed by atoms with van der Waals surface area (Å²) in [5.41, 5.74) is 1.73. The molecule has 0 aliphatic rings. The number of nitro groups is 1. The Morgan fingerprint density at radius 2 is 2.09 bits per heavy atom. The molecule has 0 bridgehead atoms. The van der Waals surface area contributed by atoms with E-state index in [1.807, 2.05) is 13.0 Å². The molecule has 0 fully saturated rings. The highest BCUT2D eigenvalue weighted by molar-refractivity contribution is 5.95. The van der Waals surface area contributed by atoms with E-state index in [1.54, 1.807) is 37.3 Å². The van der Waals surface area contributed by atoms with Crippen LogP contribution in [-0.4, -0.2) is 29.3 Å². The van der Waals surface area contributed by atoms with Gasteiger partial charge in [0.2, 0.25) is 5.91 Å². The number of rotatable bonds is 6. The number of nitro benzene ring substituents is 1. The number of carbonyl (C=O) groups excluding carboxylic acids is 1. The summed E-state index contributed by atoms with van der Waals surface area (Å²) < 4.78 is 5.23. The van der Waals surface area contributed by atoms with Crippen molar-refractivity contribution in [1.82, 2.24) is 4.90 Å². The van der Waals surface area contributed by atoms with E-state index in [2.05, 4.69) is 5.32 Å². The van der Waals surface area contributed by atoms with Crippen molar-refractivity contribution >= 4 is 17.3 Å². The van der Waals surface area contributed by atoms with Gasteiger partial charge in [-0.2, -0.15) is 0 Å². The summed E-state index contributed by atoms with van der Waals surface area (Å²) in [6.07, 6.45) is 1.57. The molecule has 0 spiro atoms. The average molecular weight is 317 g/mol. The zero-order chi connectivity index (χ0) is 17.0. The third-order valence-electron chi connectivity index (χ3n) is 3.59. The van der Waals surface area contributed by atoms with Gasteiger partial charge < -0.3 is 9.73 Å². The normalized spacial score (nSPS) is 10.8. The highest BCUT2D eigenvalue weighted by atomic mass is 16.6. The van der Waals surface area contributed by atoms with E-state index in [9.17, 15) is 14.9 Å². The lowest BCUT2D eigenvalue weighted by atomic mass is 10.1. The molecule has 23 heavy (non-hydrogen) atoms. The molecule has 7 heteroatoms. The van der Waals surface area contributed by atoms with Gasteiger partial charge in [-0.1, -0.05) is 6.07 Å². The summed E-state index contributed by atoms with van der Waals surface area (Å²) in [7, 11) is 1.78. The molecule has 0 aliphatic heterocycles. The Hall–Kier alpha value is -2.67. The number of furan rings is 1. The Morgan fingerprint density at radius 3 is 2.70 bits per heavy atom. The SMILES string of the molecule is Cc1ccc([N+](=O)[O-])c(NC(=O)CN(C)Cc2ccco2)c1C. The molecular weight excluding hydrogens is 298 g/mol. The average Bonchev–Trinajstić information content (AvgIpc) is 2.96. The van der Waals surface area contributed by atoms with Crippen molar-refractivity contribution in [2.75, 3.05) is 18.9 Å². The predicted octanol–water partition coefficient (Wildman–Crippen LogP) is 2.88. The minimum Gasteiger partial charge on any atom is -0.468 e. The van der Waals surface area contributed by atoms with Crippen LogP contribution in [0.15, 0.2) is 34.9 Å². The Bertz CT molecular complexity index is 710. The van der Waals surface area contributed by atoms with Gasteiger partial charge in [0.05, 0.1) is 24.3 Å². The van der Waals surface area contributed by atoms with Crippen molar-refractivity contribution in [3.8, 4) is 0 Å². The smallest absolute Gasteiger partial charge is 0.293 e. The third kappa shape index (κ3) is 4.17. The number of benzene rings is 1. The Labute approximate surface area is 134 Å². The van der Waals surface area contributed by atoms with Gasteiger partial charge in [0, 0.05) is 6.07 Å². The van der Waals surface area contributed by atoms with Crippen LogP contribution in [0.2, 0.25) is 0 Å². The van der Waals surface area contributed by atoms with Crippen LogP contribution in [-0.2, 0) is 11.3 Å². The number of likely N-dealkylation sites (N-methyl/N-ethyl adjacent to an activating group) is 1. The molecule has 7 nitrogen and oxygen atoms in total. The van der Waals surface area contributed by atoms with E-state index in [1.165, 1.54) is 6.07 Å². The van der Waals surface area contributed by atoms with Crippen LogP contribution in [0, 0.1) is 24.0 Å². The van der Waals surface area contributed by atoms with Gasteiger partial charge >= 0.3 is 0 Å². The molecule has 1 heterocycles. The Balaban J connectivity index is 2.08. The fourth-order valence-corrected chi connectivity index (χ4v) is 2.26. The van der Waals surface area contributed by atoms with Crippen molar-refractivity contribution in [3.63, 3.8) is 0 Å². The first-order valence-corrected chi connectivity index (χ1v) is 7.14. The molecular formula is C16H19N3O4. The fourth-order valence-electron chi connectivity index (χ4n) is 2.26. The minimum atomic E-state index is -0.491. The van der Waals surface area contributed by atoms with E-state index < -0.39 is 4.92 Å². The quantitative estimate of drug-likeness (QED) is 0.653. The summed E-state index contributed by atoms with van der Waals surface area (Å²) in [6, 6.07) is 6.68. The van der Waals surface area contributed by atoms with Gasteiger partial charge in [0.15, 0.2) is 0 Å². The van der Waals surface area contributed by atoms with Crippen LogP contribution in [0.4, 0.5) is 11.4 Å². The molecule has 0 saturated carbocycles. The minimum absolute atomic E-state index is 0.102. The van der Waals surface area contributed by atoms with E-state index in [4.69, 9.17) is 4.42 Å². The van der Waals surface area contributed by atoms with Crippen LogP contribution >= 0.6 is 0 Å². The zero-order valence-electron chi connectivity index (χ0n) is 13.3. The van der Waals surface area contributed by atoms with Crippen LogP contribution in [0.25, 0.3) is 0 Å². The van der Waals surface area contributed by atoms with Gasteiger partial charge in [0.25, 0.3) is 5.69 Å². The molecule has 122 valence electrons. The van der Waals surface area contributed by atoms with E-state index in [-0.39, 0.29) is 23.8 Å². The molecule has 2 rings (SSSR count). The molecule has 1 N–H and O–H groups in total. The first kappa shape index (κ1) is 16.7. The van der Waals surface area contributed by atoms with Crippen molar-refractivity contribution in [1.29, 1.82) is 0 Å². The second-order valence-electron chi connectivity index (χ2n) is 5.46. The lowest BCUT2D eigenvalue weighted by Gasteiger charge is -2.16. The largest absolute Gasteiger partial charge is 0.468 e. The predicted molar refractivity (Wildman–Crippen MR) is 86.2 cm³/mol. The molecule has 0 aliphatic carbocycles. The maximum atomic E-state index is 12.2. The van der Waals surface area contributed by atoms with Crippen LogP contribution in [0.5, 0.6) is 0 Å². The molecule has 2 aromatic rings. The lowest BCUT2D eigenvalue weighted by Crippen LogP contribution is -2.30. The molecule has 0 saturated heterocycles. The summed E-state index contributed by atoms with van der Waals surface area (Å²) >= 11 is 0. The summed E-state index contributed by atoms with van der Waals surface area (Å²) in [5.74, 6) is 0.439. The van der Waals surface area contributed by atoms with Crippen LogP contribution < -0.4 is 5.32 Å². The maximum Gasteiger partial charge on any atom is 0.293 e. The van der Waals surface area contributed by atoms with Crippen molar-refractivity contribution in [2.45, 2.75) is 20.4 Å². The highest BCUT2D eigenvalue weighted by Crippen LogP contribution is 2.30. The first-order valence-electron chi connectivity index (χ1n) is 7.14. The Kier molecular flexibility index (Phi) is 5.13. The van der Waals surface area contributed by atoms with Gasteiger partial charge in [-0.3, -0.25) is 19.8 Å². The van der Waals surface area contributed by atoms with Gasteiger partial charge in [-0.05, 0) is 44.2 Å². The van der Waals surface area contributed by atoms with Crippen LogP contribution in [0.1, 0.15) is 16.9 Å². The van der Waals surface area contributed by atoms with Crippen molar-refractivity contribution < 1.29 is 14.1 Å². The molecule has 0 unspecified atom stereocenters. The maximum absolute atomic E-state index is 12.2. The summed E-state index contributed by atoms with van der Waals surface area (Å²) in [4.78, 5) is 24.6. The molecule has 1 amide bonds. The number of aryl methyl sites for hydroxylation is 1. The topological polar surface area (TPSA) is 88.6 Å². The number of carbonyl (C=O) groups is 1. The fraction of sp³-hybridized carbons (Fsp3) is 0.312. The van der Waals surface area contributed by atoms with Crippen molar-refractivity contribution in [2.24, 2.45) is 0 Å². The molecule has 0 radical (unpaired) electrons. The second-order valence-corrected chi connectivity index (χ2v) is 5.46. The number of nitrogens with zero attached hydrogens (tertiary/aromatic N) is 2. The monoisotopic (exact) mass is 317 g/mol. The lowest BCUT2D eigenvalue weighted by molar-refractivity contribution is -0.384. The highest BCUT2D eigenvalue weighted by Gasteiger charge is 2.20. The summed E-state index contributed by atoms with van der Waals surface area (Å²) in [6.45, 7) is 4.18. The first-order chi connectivity index (χ1) is 10.9. The number of amides is 1. The number of hydrogen-bond acceptors (Lipinski definition) is 5. The molecule has 1 aromatic heterocycles. The van der Waals surface area contributed by atoms with Crippen molar-refractivity contribution in [3.05, 3.63) is 57.5 Å². The molecule has 1 aromatic carbocycles. The van der Waals surface area contributed by atoms with E-state index in [0.29, 0.717) is 12.1 Å². The van der Waals surface area contributed by atoms with Gasteiger partial charge in [-0.15, -0.1) is 0 Å². The van der Waals surface area contributed by atoms with E-state index in [0.717, 1.165) is 11.3 Å². The Morgan fingerprint density at radius 1 is 1.35 bits per heavy atom. The second kappa shape index (κ2) is 7.06. The van der Waals surface area contributed by atoms with Gasteiger partial charge in [0.1, 0.15) is 11.4 Å². The number of nitrogens with one attached hydrogen (secondary N) is 1. The standard InChI is InChI=1S/C16H19N3O4/c1-11-6-7-14(19(21)22)16(12(11)2)17-15(20)10-18(3)9-13-5-4-8-23-13/h4-8H,9-10H2,1-3H3,(H,17,20). The molecule has 0 atom stereocenters. The van der Waals surface area contributed by atoms with Crippen LogP contribution in [0.3, 0.4) is 0 Å². The number of anilines is 1. The van der Waals surface area contributed by atoms with E-state index >= 15 is 0 Å². The van der Waals surface area contributed by atoms with Gasteiger partial charge in [-0.25, -0.2) is 0 Å². The third-order valence-corrected chi connectivity index (χ3v) is 3.59. The number of hydrogen-bond donors (Lipinski definition) is 1. The summed E-state index contributed by atoms with van der Waals surface area (Å²) in [5, 5.41) is 13.8. The zero-order valence-corrected chi connectivity index (χ0v) is 13.3.